The molecule has 2 N–H and O–H groups in total. The van der Waals surface area contributed by atoms with Crippen molar-refractivity contribution in [2.45, 2.75) is 6.92 Å². The monoisotopic (exact) mass is 209 g/mol. The van der Waals surface area contributed by atoms with Gasteiger partial charge in [0.1, 0.15) is 5.75 Å². The molecule has 0 radical (unpaired) electrons. The maximum atomic E-state index is 11.7. The number of amides is 1. The van der Waals surface area contributed by atoms with Gasteiger partial charge < -0.3 is 15.1 Å². The molecule has 1 aromatic carbocycles. The highest BCUT2D eigenvalue weighted by atomic mass is 16.3. The number of phenols is 1. The van der Waals surface area contributed by atoms with Crippen LogP contribution in [-0.2, 0) is 0 Å². The van der Waals surface area contributed by atoms with E-state index in [2.05, 4.69) is 0 Å². The summed E-state index contributed by atoms with van der Waals surface area (Å²) in [6, 6.07) is 4.89. The molecule has 15 heavy (non-hydrogen) atoms. The van der Waals surface area contributed by atoms with Crippen molar-refractivity contribution in [1.82, 2.24) is 4.90 Å². The number of aryl methyl sites for hydroxylation is 1. The van der Waals surface area contributed by atoms with Gasteiger partial charge in [-0.1, -0.05) is 6.07 Å². The molecule has 0 saturated carbocycles. The Morgan fingerprint density at radius 2 is 2.13 bits per heavy atom. The standard InChI is InChI=1S/C11H15NO3/c1-8-3-4-9(10(14)7-8)11(15)12(2)5-6-13/h3-4,7,13-14H,5-6H2,1-2H3. The largest absolute Gasteiger partial charge is 0.507 e. The van der Waals surface area contributed by atoms with Gasteiger partial charge in [0.25, 0.3) is 5.91 Å². The van der Waals surface area contributed by atoms with Crippen LogP contribution in [-0.4, -0.2) is 41.2 Å². The van der Waals surface area contributed by atoms with E-state index < -0.39 is 0 Å². The molecule has 4 nitrogen and oxygen atoms in total. The minimum Gasteiger partial charge on any atom is -0.507 e. The summed E-state index contributed by atoms with van der Waals surface area (Å²) in [7, 11) is 1.58. The number of phenolic OH excluding ortho intramolecular Hbond substituents is 1. The van der Waals surface area contributed by atoms with E-state index in [-0.39, 0.29) is 30.4 Å². The first-order chi connectivity index (χ1) is 7.06. The molecule has 1 rings (SSSR count). The van der Waals surface area contributed by atoms with Crippen LogP contribution in [0.4, 0.5) is 0 Å². The molecule has 4 heteroatoms. The lowest BCUT2D eigenvalue weighted by atomic mass is 10.1. The number of benzene rings is 1. The fourth-order valence-electron chi connectivity index (χ4n) is 1.28. The molecule has 0 unspecified atom stereocenters. The van der Waals surface area contributed by atoms with Gasteiger partial charge >= 0.3 is 0 Å². The summed E-state index contributed by atoms with van der Waals surface area (Å²) in [5.41, 5.74) is 1.16. The fourth-order valence-corrected chi connectivity index (χ4v) is 1.28. The van der Waals surface area contributed by atoms with E-state index in [0.717, 1.165) is 5.56 Å². The molecule has 0 spiro atoms. The van der Waals surface area contributed by atoms with Crippen LogP contribution < -0.4 is 0 Å². The highest BCUT2D eigenvalue weighted by Gasteiger charge is 2.14. The lowest BCUT2D eigenvalue weighted by Gasteiger charge is -2.16. The summed E-state index contributed by atoms with van der Waals surface area (Å²) in [4.78, 5) is 13.1. The first-order valence-electron chi connectivity index (χ1n) is 4.72. The van der Waals surface area contributed by atoms with Crippen LogP contribution in [0.15, 0.2) is 18.2 Å². The second kappa shape index (κ2) is 4.79. The summed E-state index contributed by atoms with van der Waals surface area (Å²) in [5, 5.41) is 18.3. The van der Waals surface area contributed by atoms with Crippen molar-refractivity contribution in [1.29, 1.82) is 0 Å². The molecule has 0 heterocycles. The molecule has 0 aromatic heterocycles. The van der Waals surface area contributed by atoms with E-state index in [1.807, 2.05) is 6.92 Å². The number of aliphatic hydroxyl groups excluding tert-OH is 1. The Hall–Kier alpha value is -1.55. The maximum Gasteiger partial charge on any atom is 0.257 e. The summed E-state index contributed by atoms with van der Waals surface area (Å²) in [5.74, 6) is -0.314. The van der Waals surface area contributed by atoms with Crippen molar-refractivity contribution in [3.8, 4) is 5.75 Å². The van der Waals surface area contributed by atoms with Crippen LogP contribution in [0.2, 0.25) is 0 Å². The van der Waals surface area contributed by atoms with E-state index >= 15 is 0 Å². The van der Waals surface area contributed by atoms with Crippen LogP contribution in [0.1, 0.15) is 15.9 Å². The minimum atomic E-state index is -0.290. The van der Waals surface area contributed by atoms with E-state index in [1.165, 1.54) is 4.90 Å². The van der Waals surface area contributed by atoms with Gasteiger partial charge in [0.05, 0.1) is 12.2 Å². The Bertz CT molecular complexity index is 363. The smallest absolute Gasteiger partial charge is 0.257 e. The molecule has 0 aliphatic heterocycles. The lowest BCUT2D eigenvalue weighted by Crippen LogP contribution is -2.29. The summed E-state index contributed by atoms with van der Waals surface area (Å²) in [6.45, 7) is 2.01. The first-order valence-corrected chi connectivity index (χ1v) is 4.72. The molecular formula is C11H15NO3. The summed E-state index contributed by atoms with van der Waals surface area (Å²) < 4.78 is 0. The third-order valence-corrected chi connectivity index (χ3v) is 2.17. The number of hydrogen-bond acceptors (Lipinski definition) is 3. The molecule has 82 valence electrons. The van der Waals surface area contributed by atoms with Crippen LogP contribution in [0.3, 0.4) is 0 Å². The average molecular weight is 209 g/mol. The Balaban J connectivity index is 2.91. The zero-order valence-electron chi connectivity index (χ0n) is 8.90. The molecule has 0 aliphatic carbocycles. The van der Waals surface area contributed by atoms with Gasteiger partial charge in [-0.25, -0.2) is 0 Å². The molecule has 1 amide bonds. The number of rotatable bonds is 3. The Labute approximate surface area is 88.8 Å². The second-order valence-corrected chi connectivity index (χ2v) is 3.47. The van der Waals surface area contributed by atoms with Gasteiger partial charge in [0.2, 0.25) is 0 Å². The van der Waals surface area contributed by atoms with Gasteiger partial charge in [-0.15, -0.1) is 0 Å². The van der Waals surface area contributed by atoms with Crippen molar-refractivity contribution in [2.24, 2.45) is 0 Å². The minimum absolute atomic E-state index is 0.0233. The molecule has 0 atom stereocenters. The van der Waals surface area contributed by atoms with Crippen LogP contribution >= 0.6 is 0 Å². The highest BCUT2D eigenvalue weighted by molar-refractivity contribution is 5.96. The number of carbonyl (C=O) groups is 1. The number of aromatic hydroxyl groups is 1. The highest BCUT2D eigenvalue weighted by Crippen LogP contribution is 2.19. The normalized spacial score (nSPS) is 10.1. The van der Waals surface area contributed by atoms with Gasteiger partial charge in [-0.3, -0.25) is 4.79 Å². The Kier molecular flexibility index (Phi) is 3.68. The van der Waals surface area contributed by atoms with Gasteiger partial charge in [0, 0.05) is 13.6 Å². The van der Waals surface area contributed by atoms with Crippen LogP contribution in [0.25, 0.3) is 0 Å². The zero-order chi connectivity index (χ0) is 11.4. The summed E-state index contributed by atoms with van der Waals surface area (Å²) >= 11 is 0. The van der Waals surface area contributed by atoms with Crippen molar-refractivity contribution in [2.75, 3.05) is 20.2 Å². The van der Waals surface area contributed by atoms with Crippen molar-refractivity contribution in [3.05, 3.63) is 29.3 Å². The molecular weight excluding hydrogens is 194 g/mol. The maximum absolute atomic E-state index is 11.7. The number of carbonyl (C=O) groups excluding carboxylic acids is 1. The van der Waals surface area contributed by atoms with Crippen molar-refractivity contribution < 1.29 is 15.0 Å². The van der Waals surface area contributed by atoms with Crippen LogP contribution in [0.5, 0.6) is 5.75 Å². The second-order valence-electron chi connectivity index (χ2n) is 3.47. The quantitative estimate of drug-likeness (QED) is 0.772. The molecule has 0 bridgehead atoms. The predicted octanol–water partition coefficient (Wildman–Crippen LogP) is 0.765. The Morgan fingerprint density at radius 1 is 1.47 bits per heavy atom. The van der Waals surface area contributed by atoms with Gasteiger partial charge in [-0.05, 0) is 24.6 Å². The molecule has 0 fully saturated rings. The number of likely N-dealkylation sites (N-methyl/N-ethyl adjacent to an activating group) is 1. The number of nitrogens with zero attached hydrogens (tertiary/aromatic N) is 1. The van der Waals surface area contributed by atoms with E-state index in [1.54, 1.807) is 25.2 Å². The van der Waals surface area contributed by atoms with E-state index in [0.29, 0.717) is 0 Å². The molecule has 0 aliphatic rings. The number of aliphatic hydroxyl groups is 1. The zero-order valence-corrected chi connectivity index (χ0v) is 8.90. The topological polar surface area (TPSA) is 60.8 Å². The van der Waals surface area contributed by atoms with Gasteiger partial charge in [-0.2, -0.15) is 0 Å². The SMILES string of the molecule is Cc1ccc(C(=O)N(C)CCO)c(O)c1. The molecule has 1 aromatic rings. The van der Waals surface area contributed by atoms with Crippen LogP contribution in [0, 0.1) is 6.92 Å². The van der Waals surface area contributed by atoms with E-state index in [9.17, 15) is 9.90 Å². The van der Waals surface area contributed by atoms with Crippen molar-refractivity contribution in [3.63, 3.8) is 0 Å². The van der Waals surface area contributed by atoms with Crippen molar-refractivity contribution >= 4 is 5.91 Å². The first kappa shape index (κ1) is 11.5. The van der Waals surface area contributed by atoms with E-state index in [4.69, 9.17) is 5.11 Å². The molecule has 0 saturated heterocycles. The fraction of sp³-hybridized carbons (Fsp3) is 0.364. The third kappa shape index (κ3) is 2.70. The lowest BCUT2D eigenvalue weighted by molar-refractivity contribution is 0.0764. The summed E-state index contributed by atoms with van der Waals surface area (Å²) in [6.07, 6.45) is 0. The third-order valence-electron chi connectivity index (χ3n) is 2.17. The predicted molar refractivity (Wildman–Crippen MR) is 56.9 cm³/mol. The number of hydrogen-bond donors (Lipinski definition) is 2. The van der Waals surface area contributed by atoms with Gasteiger partial charge in [0.15, 0.2) is 0 Å². The Morgan fingerprint density at radius 3 is 2.67 bits per heavy atom. The average Bonchev–Trinajstić information content (AvgIpc) is 2.17.